The zero-order valence-electron chi connectivity index (χ0n) is 16.4. The maximum absolute atomic E-state index is 12.7. The van der Waals surface area contributed by atoms with Crippen molar-refractivity contribution < 1.29 is 14.3 Å². The molecule has 0 radical (unpaired) electrons. The summed E-state index contributed by atoms with van der Waals surface area (Å²) in [5.41, 5.74) is 4.02. The van der Waals surface area contributed by atoms with E-state index in [9.17, 15) is 4.79 Å². The van der Waals surface area contributed by atoms with E-state index in [4.69, 9.17) is 9.47 Å². The topological polar surface area (TPSA) is 35.5 Å². The summed E-state index contributed by atoms with van der Waals surface area (Å²) in [6, 6.07) is 15.9. The minimum absolute atomic E-state index is 0.106. The third-order valence-electron chi connectivity index (χ3n) is 5.47. The lowest BCUT2D eigenvalue weighted by Gasteiger charge is -2.31. The second-order valence-corrected chi connectivity index (χ2v) is 6.92. The van der Waals surface area contributed by atoms with Gasteiger partial charge in [0.2, 0.25) is 0 Å². The molecule has 140 valence electrons. The molecule has 2 unspecified atom stereocenters. The number of ether oxygens (including phenoxy) is 2. The maximum Gasteiger partial charge on any atom is 0.159 e. The van der Waals surface area contributed by atoms with E-state index in [1.807, 2.05) is 55.5 Å². The monoisotopic (exact) mass is 362 g/mol. The van der Waals surface area contributed by atoms with Crippen molar-refractivity contribution in [3.63, 3.8) is 0 Å². The van der Waals surface area contributed by atoms with Crippen molar-refractivity contribution in [3.8, 4) is 11.5 Å². The SMILES string of the molecule is COc1ccccc1C=CC1=C(C)C(=O)CC(c2ccccc2OC)C1C. The first-order valence-corrected chi connectivity index (χ1v) is 9.24. The van der Waals surface area contributed by atoms with Crippen molar-refractivity contribution in [2.24, 2.45) is 5.92 Å². The second kappa shape index (κ2) is 8.26. The number of carbonyl (C=O) groups is 1. The lowest BCUT2D eigenvalue weighted by Crippen LogP contribution is -2.24. The number of methoxy groups -OCH3 is 2. The minimum atomic E-state index is 0.106. The Balaban J connectivity index is 1.98. The summed E-state index contributed by atoms with van der Waals surface area (Å²) in [6.07, 6.45) is 4.61. The van der Waals surface area contributed by atoms with E-state index in [1.165, 1.54) is 0 Å². The van der Waals surface area contributed by atoms with Crippen LogP contribution in [0.2, 0.25) is 0 Å². The Kier molecular flexibility index (Phi) is 5.80. The van der Waals surface area contributed by atoms with E-state index < -0.39 is 0 Å². The molecule has 0 saturated heterocycles. The molecule has 2 aromatic rings. The van der Waals surface area contributed by atoms with Gasteiger partial charge in [-0.2, -0.15) is 0 Å². The fraction of sp³-hybridized carbons (Fsp3) is 0.292. The van der Waals surface area contributed by atoms with E-state index in [-0.39, 0.29) is 17.6 Å². The van der Waals surface area contributed by atoms with Gasteiger partial charge in [0, 0.05) is 17.9 Å². The van der Waals surface area contributed by atoms with Crippen LogP contribution in [-0.2, 0) is 4.79 Å². The molecule has 0 aliphatic heterocycles. The van der Waals surface area contributed by atoms with Gasteiger partial charge in [0.1, 0.15) is 11.5 Å². The molecule has 0 aromatic heterocycles. The molecule has 27 heavy (non-hydrogen) atoms. The van der Waals surface area contributed by atoms with Crippen LogP contribution in [0.3, 0.4) is 0 Å². The van der Waals surface area contributed by atoms with Crippen LogP contribution in [0.5, 0.6) is 11.5 Å². The fourth-order valence-corrected chi connectivity index (χ4v) is 3.86. The molecule has 0 fully saturated rings. The van der Waals surface area contributed by atoms with E-state index in [0.29, 0.717) is 6.42 Å². The molecule has 2 atom stereocenters. The lowest BCUT2D eigenvalue weighted by atomic mass is 9.72. The molecule has 2 aromatic carbocycles. The van der Waals surface area contributed by atoms with Crippen LogP contribution in [0.15, 0.2) is 65.8 Å². The Bertz CT molecular complexity index is 892. The summed E-state index contributed by atoms with van der Waals surface area (Å²) in [5, 5.41) is 0. The Morgan fingerprint density at radius 1 is 0.926 bits per heavy atom. The van der Waals surface area contributed by atoms with Crippen molar-refractivity contribution in [3.05, 3.63) is 76.9 Å². The van der Waals surface area contributed by atoms with Crippen LogP contribution in [0, 0.1) is 5.92 Å². The molecule has 0 N–H and O–H groups in total. The number of Topliss-reactive ketones (excluding diaryl/α,β-unsaturated/α-hetero) is 1. The predicted octanol–water partition coefficient (Wildman–Crippen LogP) is 5.43. The average Bonchev–Trinajstić information content (AvgIpc) is 2.71. The van der Waals surface area contributed by atoms with Gasteiger partial charge in [-0.25, -0.2) is 0 Å². The minimum Gasteiger partial charge on any atom is -0.496 e. The lowest BCUT2D eigenvalue weighted by molar-refractivity contribution is -0.116. The first-order chi connectivity index (χ1) is 13.1. The summed E-state index contributed by atoms with van der Waals surface area (Å²) in [5.74, 6) is 2.18. The highest BCUT2D eigenvalue weighted by molar-refractivity contribution is 5.98. The molecule has 0 bridgehead atoms. The van der Waals surface area contributed by atoms with E-state index in [0.717, 1.165) is 33.8 Å². The van der Waals surface area contributed by atoms with Crippen molar-refractivity contribution in [1.82, 2.24) is 0 Å². The van der Waals surface area contributed by atoms with Crippen LogP contribution in [0.25, 0.3) is 6.08 Å². The first kappa shape index (κ1) is 19.0. The van der Waals surface area contributed by atoms with E-state index >= 15 is 0 Å². The Hall–Kier alpha value is -2.81. The standard InChI is InChI=1S/C24H26O3/c1-16-19(14-13-18-9-5-7-11-23(18)26-3)17(2)22(25)15-21(16)20-10-6-8-12-24(20)27-4/h5-14,16,21H,15H2,1-4H3. The average molecular weight is 362 g/mol. The Morgan fingerprint density at radius 2 is 1.56 bits per heavy atom. The number of hydrogen-bond donors (Lipinski definition) is 0. The van der Waals surface area contributed by atoms with Gasteiger partial charge in [-0.05, 0) is 41.7 Å². The molecular formula is C24H26O3. The maximum atomic E-state index is 12.7. The molecule has 0 amide bonds. The predicted molar refractivity (Wildman–Crippen MR) is 109 cm³/mol. The van der Waals surface area contributed by atoms with Gasteiger partial charge in [-0.1, -0.05) is 55.5 Å². The van der Waals surface area contributed by atoms with Gasteiger partial charge in [-0.3, -0.25) is 4.79 Å². The summed E-state index contributed by atoms with van der Waals surface area (Å²) in [6.45, 7) is 4.12. The van der Waals surface area contributed by atoms with E-state index in [1.54, 1.807) is 14.2 Å². The van der Waals surface area contributed by atoms with Crippen molar-refractivity contribution in [2.45, 2.75) is 26.2 Å². The van der Waals surface area contributed by atoms with Crippen LogP contribution in [0.4, 0.5) is 0 Å². The number of hydrogen-bond acceptors (Lipinski definition) is 3. The Morgan fingerprint density at radius 3 is 2.26 bits per heavy atom. The number of ketones is 1. The summed E-state index contributed by atoms with van der Waals surface area (Å²) in [7, 11) is 3.35. The van der Waals surface area contributed by atoms with Crippen molar-refractivity contribution >= 4 is 11.9 Å². The molecule has 1 aliphatic carbocycles. The summed E-state index contributed by atoms with van der Waals surface area (Å²) >= 11 is 0. The van der Waals surface area contributed by atoms with Gasteiger partial charge < -0.3 is 9.47 Å². The normalized spacial score (nSPS) is 20.2. The highest BCUT2D eigenvalue weighted by atomic mass is 16.5. The van der Waals surface area contributed by atoms with Crippen molar-refractivity contribution in [2.75, 3.05) is 14.2 Å². The molecule has 3 heteroatoms. The number of carbonyl (C=O) groups excluding carboxylic acids is 1. The molecular weight excluding hydrogens is 336 g/mol. The summed E-state index contributed by atoms with van der Waals surface area (Å²) < 4.78 is 11.0. The summed E-state index contributed by atoms with van der Waals surface area (Å²) in [4.78, 5) is 12.7. The van der Waals surface area contributed by atoms with Gasteiger partial charge in [0.15, 0.2) is 5.78 Å². The van der Waals surface area contributed by atoms with Gasteiger partial charge >= 0.3 is 0 Å². The number of para-hydroxylation sites is 2. The second-order valence-electron chi connectivity index (χ2n) is 6.92. The molecule has 1 aliphatic rings. The highest BCUT2D eigenvalue weighted by Gasteiger charge is 2.33. The number of benzene rings is 2. The van der Waals surface area contributed by atoms with Crippen LogP contribution < -0.4 is 9.47 Å². The fourth-order valence-electron chi connectivity index (χ4n) is 3.86. The van der Waals surface area contributed by atoms with Crippen LogP contribution >= 0.6 is 0 Å². The van der Waals surface area contributed by atoms with Crippen LogP contribution in [-0.4, -0.2) is 20.0 Å². The first-order valence-electron chi connectivity index (χ1n) is 9.24. The molecule has 0 saturated carbocycles. The van der Waals surface area contributed by atoms with Gasteiger partial charge in [0.05, 0.1) is 14.2 Å². The molecule has 0 spiro atoms. The quantitative estimate of drug-likeness (QED) is 0.712. The van der Waals surface area contributed by atoms with E-state index in [2.05, 4.69) is 19.1 Å². The highest BCUT2D eigenvalue weighted by Crippen LogP contribution is 2.43. The zero-order chi connectivity index (χ0) is 19.4. The third-order valence-corrected chi connectivity index (χ3v) is 5.47. The van der Waals surface area contributed by atoms with Gasteiger partial charge in [-0.15, -0.1) is 0 Å². The Labute approximate surface area is 161 Å². The van der Waals surface area contributed by atoms with Crippen molar-refractivity contribution in [1.29, 1.82) is 0 Å². The molecule has 0 heterocycles. The molecule has 3 rings (SSSR count). The molecule has 3 nitrogen and oxygen atoms in total. The number of rotatable bonds is 5. The van der Waals surface area contributed by atoms with Crippen LogP contribution in [0.1, 0.15) is 37.3 Å². The number of allylic oxidation sites excluding steroid dienone is 3. The van der Waals surface area contributed by atoms with Gasteiger partial charge in [0.25, 0.3) is 0 Å². The third kappa shape index (κ3) is 3.82. The largest absolute Gasteiger partial charge is 0.496 e. The smallest absolute Gasteiger partial charge is 0.159 e. The zero-order valence-corrected chi connectivity index (χ0v) is 16.4.